The number of carbonyl (C=O) groups excluding carboxylic acids is 1. The number of alkyl halides is 6. The molecule has 1 aromatic carbocycles. The van der Waals surface area contributed by atoms with Crippen molar-refractivity contribution in [1.29, 1.82) is 0 Å². The van der Waals surface area contributed by atoms with Gasteiger partial charge in [-0.25, -0.2) is 0 Å². The summed E-state index contributed by atoms with van der Waals surface area (Å²) in [6.45, 7) is 12.2. The third-order valence-corrected chi connectivity index (χ3v) is 13.3. The van der Waals surface area contributed by atoms with Gasteiger partial charge in [-0.2, -0.15) is 26.3 Å². The standard InChI is InChI=1S/C40H56F6O2/c1-25(2)9-8-10-26(3)33-15-16-34-32-14-13-28-24-31(17-19-37(28,4)35(32)18-20-38(33,34)5)48-36(47)12-7-6-11-27-21-29(39(41,42)43)23-30(22-27)40(44,45)46/h13,21-23,25-26,31-35H,6-12,14-20,24H2,1-5H3. The first-order valence-corrected chi connectivity index (χ1v) is 18.6. The third kappa shape index (κ3) is 7.98. The van der Waals surface area contributed by atoms with Crippen LogP contribution >= 0.6 is 0 Å². The molecule has 270 valence electrons. The highest BCUT2D eigenvalue weighted by atomic mass is 19.4. The summed E-state index contributed by atoms with van der Waals surface area (Å²) in [6.07, 6.45) is 6.36. The van der Waals surface area contributed by atoms with Gasteiger partial charge >= 0.3 is 18.3 Å². The predicted octanol–water partition coefficient (Wildman–Crippen LogP) is 12.4. The lowest BCUT2D eigenvalue weighted by Gasteiger charge is -2.58. The Hall–Kier alpha value is -1.99. The van der Waals surface area contributed by atoms with Crippen LogP contribution in [0.1, 0.15) is 141 Å². The average Bonchev–Trinajstić information content (AvgIpc) is 3.35. The number of unbranched alkanes of at least 4 members (excludes halogenated alkanes) is 1. The first-order valence-electron chi connectivity index (χ1n) is 18.6. The van der Waals surface area contributed by atoms with Crippen molar-refractivity contribution in [1.82, 2.24) is 0 Å². The predicted molar refractivity (Wildman–Crippen MR) is 177 cm³/mol. The number of esters is 1. The van der Waals surface area contributed by atoms with E-state index in [9.17, 15) is 31.1 Å². The zero-order valence-electron chi connectivity index (χ0n) is 29.5. The van der Waals surface area contributed by atoms with Crippen molar-refractivity contribution in [2.24, 2.45) is 46.3 Å². The maximum atomic E-state index is 13.2. The fraction of sp³-hybridized carbons (Fsp3) is 0.775. The summed E-state index contributed by atoms with van der Waals surface area (Å²) in [6, 6.07) is 1.68. The van der Waals surface area contributed by atoms with Crippen molar-refractivity contribution in [3.05, 3.63) is 46.5 Å². The van der Waals surface area contributed by atoms with E-state index < -0.39 is 23.5 Å². The summed E-state index contributed by atoms with van der Waals surface area (Å²) in [7, 11) is 0. The summed E-state index contributed by atoms with van der Waals surface area (Å²) >= 11 is 0. The molecule has 8 heteroatoms. The molecular weight excluding hydrogens is 626 g/mol. The monoisotopic (exact) mass is 682 g/mol. The van der Waals surface area contributed by atoms with Gasteiger partial charge in [0, 0.05) is 12.8 Å². The van der Waals surface area contributed by atoms with Crippen molar-refractivity contribution in [2.75, 3.05) is 0 Å². The van der Waals surface area contributed by atoms with Crippen LogP contribution in [0.25, 0.3) is 0 Å². The average molecular weight is 683 g/mol. The molecule has 1 aromatic rings. The second-order valence-corrected chi connectivity index (χ2v) is 16.8. The molecule has 3 fully saturated rings. The van der Waals surface area contributed by atoms with Crippen molar-refractivity contribution in [3.8, 4) is 0 Å². The summed E-state index contributed by atoms with van der Waals surface area (Å²) in [4.78, 5) is 12.8. The normalized spacial score (nSPS) is 32.7. The summed E-state index contributed by atoms with van der Waals surface area (Å²) in [5.41, 5.74) is -0.625. The molecule has 0 aromatic heterocycles. The van der Waals surface area contributed by atoms with Crippen molar-refractivity contribution in [2.45, 2.75) is 149 Å². The number of carbonyl (C=O) groups is 1. The lowest BCUT2D eigenvalue weighted by Crippen LogP contribution is -2.51. The zero-order chi connectivity index (χ0) is 35.1. The van der Waals surface area contributed by atoms with Gasteiger partial charge in [0.2, 0.25) is 0 Å². The lowest BCUT2D eigenvalue weighted by atomic mass is 9.47. The van der Waals surface area contributed by atoms with E-state index in [1.807, 2.05) is 0 Å². The Morgan fingerprint density at radius 1 is 0.854 bits per heavy atom. The Morgan fingerprint density at radius 3 is 2.19 bits per heavy atom. The number of fused-ring (bicyclic) bond motifs is 5. The van der Waals surface area contributed by atoms with E-state index in [-0.39, 0.29) is 42.0 Å². The van der Waals surface area contributed by atoms with Crippen LogP contribution in [0.5, 0.6) is 0 Å². The van der Waals surface area contributed by atoms with E-state index in [2.05, 4.69) is 40.7 Å². The van der Waals surface area contributed by atoms with Gasteiger partial charge in [0.1, 0.15) is 6.10 Å². The second-order valence-electron chi connectivity index (χ2n) is 16.8. The Kier molecular flexibility index (Phi) is 11.1. The minimum atomic E-state index is -4.87. The van der Waals surface area contributed by atoms with Crippen molar-refractivity contribution in [3.63, 3.8) is 0 Å². The van der Waals surface area contributed by atoms with Crippen LogP contribution in [0.4, 0.5) is 26.3 Å². The van der Waals surface area contributed by atoms with Crippen molar-refractivity contribution >= 4 is 5.97 Å². The number of hydrogen-bond acceptors (Lipinski definition) is 2. The van der Waals surface area contributed by atoms with Gasteiger partial charge in [-0.15, -0.1) is 0 Å². The molecule has 0 saturated heterocycles. The van der Waals surface area contributed by atoms with E-state index >= 15 is 0 Å². The SMILES string of the molecule is CC(C)CCCC(C)C1CCC2C3CC=C4CC(OC(=O)CCCCc5cc(C(F)(F)F)cc(C(F)(F)F)c5)CCC4(C)C3CCC12C. The maximum Gasteiger partial charge on any atom is 0.416 e. The van der Waals surface area contributed by atoms with Gasteiger partial charge in [0.25, 0.3) is 0 Å². The third-order valence-electron chi connectivity index (χ3n) is 13.3. The van der Waals surface area contributed by atoms with Gasteiger partial charge in [0.05, 0.1) is 11.1 Å². The van der Waals surface area contributed by atoms with Gasteiger partial charge in [-0.05, 0) is 134 Å². The summed E-state index contributed by atoms with van der Waals surface area (Å²) in [5.74, 6) is 4.24. The first kappa shape index (κ1) is 37.3. The number of allylic oxidation sites excluding steroid dienone is 1. The highest BCUT2D eigenvalue weighted by Crippen LogP contribution is 2.67. The van der Waals surface area contributed by atoms with Crippen LogP contribution < -0.4 is 0 Å². The molecule has 4 aliphatic carbocycles. The van der Waals surface area contributed by atoms with Crippen molar-refractivity contribution < 1.29 is 35.9 Å². The number of aryl methyl sites for hydroxylation is 1. The van der Waals surface area contributed by atoms with Gasteiger partial charge < -0.3 is 4.74 Å². The number of halogens is 6. The molecule has 0 heterocycles. The van der Waals surface area contributed by atoms with E-state index in [4.69, 9.17) is 4.74 Å². The largest absolute Gasteiger partial charge is 0.462 e. The highest BCUT2D eigenvalue weighted by Gasteiger charge is 2.59. The number of benzene rings is 1. The number of hydrogen-bond donors (Lipinski definition) is 0. The molecule has 8 atom stereocenters. The van der Waals surface area contributed by atoms with Crippen LogP contribution in [-0.2, 0) is 28.3 Å². The fourth-order valence-corrected chi connectivity index (χ4v) is 10.8. The van der Waals surface area contributed by atoms with Gasteiger partial charge in [0.15, 0.2) is 0 Å². The van der Waals surface area contributed by atoms with E-state index in [1.165, 1.54) is 50.5 Å². The number of ether oxygens (including phenoxy) is 1. The quantitative estimate of drug-likeness (QED) is 0.100. The summed E-state index contributed by atoms with van der Waals surface area (Å²) in [5, 5.41) is 0. The molecular formula is C40H56F6O2. The zero-order valence-corrected chi connectivity index (χ0v) is 29.5. The Labute approximate surface area is 283 Å². The molecule has 0 N–H and O–H groups in total. The molecule has 0 aliphatic heterocycles. The van der Waals surface area contributed by atoms with E-state index in [1.54, 1.807) is 0 Å². The fourth-order valence-electron chi connectivity index (χ4n) is 10.8. The van der Waals surface area contributed by atoms with Gasteiger partial charge in [-0.3, -0.25) is 4.79 Å². The molecule has 4 aliphatic rings. The summed E-state index contributed by atoms with van der Waals surface area (Å²) < 4.78 is 85.0. The van der Waals surface area contributed by atoms with E-state index in [0.717, 1.165) is 67.4 Å². The van der Waals surface area contributed by atoms with Crippen LogP contribution in [0.15, 0.2) is 29.8 Å². The Balaban J connectivity index is 1.12. The topological polar surface area (TPSA) is 26.3 Å². The molecule has 2 nitrogen and oxygen atoms in total. The molecule has 8 unspecified atom stereocenters. The minimum absolute atomic E-state index is 0.0232. The van der Waals surface area contributed by atoms with Crippen LogP contribution in [0.3, 0.4) is 0 Å². The second kappa shape index (κ2) is 14.3. The maximum absolute atomic E-state index is 13.2. The molecule has 0 spiro atoms. The number of rotatable bonds is 11. The van der Waals surface area contributed by atoms with Crippen LogP contribution in [-0.4, -0.2) is 12.1 Å². The van der Waals surface area contributed by atoms with Crippen LogP contribution in [0, 0.1) is 46.3 Å². The molecule has 0 radical (unpaired) electrons. The highest BCUT2D eigenvalue weighted by molar-refractivity contribution is 5.69. The molecule has 0 bridgehead atoms. The van der Waals surface area contributed by atoms with E-state index in [0.29, 0.717) is 24.2 Å². The molecule has 5 rings (SSSR count). The minimum Gasteiger partial charge on any atom is -0.462 e. The lowest BCUT2D eigenvalue weighted by molar-refractivity contribution is -0.151. The molecule has 48 heavy (non-hydrogen) atoms. The molecule has 3 saturated carbocycles. The van der Waals surface area contributed by atoms with Gasteiger partial charge in [-0.1, -0.05) is 65.5 Å². The smallest absolute Gasteiger partial charge is 0.416 e. The first-order chi connectivity index (χ1) is 22.4. The molecule has 0 amide bonds. The Morgan fingerprint density at radius 2 is 1.54 bits per heavy atom. The van der Waals surface area contributed by atoms with Crippen LogP contribution in [0.2, 0.25) is 0 Å². The Bertz CT molecular complexity index is 1280.